The van der Waals surface area contributed by atoms with Crippen molar-refractivity contribution in [2.45, 2.75) is 79.1 Å². The van der Waals surface area contributed by atoms with Crippen molar-refractivity contribution in [1.29, 1.82) is 0 Å². The quantitative estimate of drug-likeness (QED) is 0.125. The van der Waals surface area contributed by atoms with Gasteiger partial charge >= 0.3 is 15.2 Å². The summed E-state index contributed by atoms with van der Waals surface area (Å²) in [5.74, 6) is 3.20. The zero-order valence-electron chi connectivity index (χ0n) is 19.6. The third-order valence-corrected chi connectivity index (χ3v) is 7.20. The summed E-state index contributed by atoms with van der Waals surface area (Å²) in [4.78, 5) is 0. The summed E-state index contributed by atoms with van der Waals surface area (Å²) in [6.07, 6.45) is 8.38. The minimum absolute atomic E-state index is 0.304. The van der Waals surface area contributed by atoms with Gasteiger partial charge in [0.1, 0.15) is 0 Å². The molecule has 0 spiro atoms. The van der Waals surface area contributed by atoms with Crippen LogP contribution in [-0.2, 0) is 27.2 Å². The topological polar surface area (TPSA) is 71.1 Å². The SMILES string of the molecule is C=CP(=O)(OCCCCCCCCCCOP(=O)(C=C)OCC(C)C)OCC(C)C. The van der Waals surface area contributed by atoms with Crippen molar-refractivity contribution in [1.82, 2.24) is 0 Å². The maximum Gasteiger partial charge on any atom is 0.353 e. The van der Waals surface area contributed by atoms with Crippen LogP contribution < -0.4 is 0 Å². The van der Waals surface area contributed by atoms with Crippen LogP contribution in [-0.4, -0.2) is 26.4 Å². The molecule has 0 heterocycles. The Balaban J connectivity index is 3.64. The molecule has 0 radical (unpaired) electrons. The molecular weight excluding hydrogens is 422 g/mol. The highest BCUT2D eigenvalue weighted by molar-refractivity contribution is 7.57. The van der Waals surface area contributed by atoms with Crippen LogP contribution in [0, 0.1) is 11.8 Å². The fraction of sp³-hybridized carbons (Fsp3) is 0.818. The van der Waals surface area contributed by atoms with Crippen LogP contribution in [0.4, 0.5) is 0 Å². The molecule has 0 aliphatic rings. The molecule has 0 aromatic heterocycles. The van der Waals surface area contributed by atoms with Crippen molar-refractivity contribution in [3.05, 3.63) is 24.8 Å². The van der Waals surface area contributed by atoms with Crippen molar-refractivity contribution >= 4 is 15.2 Å². The Morgan fingerprint density at radius 2 is 0.900 bits per heavy atom. The third-order valence-electron chi connectivity index (χ3n) is 4.20. The predicted octanol–water partition coefficient (Wildman–Crippen LogP) is 8.16. The molecule has 2 atom stereocenters. The van der Waals surface area contributed by atoms with Crippen LogP contribution in [0.2, 0.25) is 0 Å². The second-order valence-electron chi connectivity index (χ2n) is 8.32. The van der Waals surface area contributed by atoms with Gasteiger partial charge in [0.15, 0.2) is 0 Å². The van der Waals surface area contributed by atoms with E-state index in [4.69, 9.17) is 18.1 Å². The molecular formula is C22H44O6P2. The molecule has 0 saturated carbocycles. The van der Waals surface area contributed by atoms with Crippen LogP contribution in [0.25, 0.3) is 0 Å². The molecule has 30 heavy (non-hydrogen) atoms. The lowest BCUT2D eigenvalue weighted by Gasteiger charge is -2.16. The summed E-state index contributed by atoms with van der Waals surface area (Å²) >= 11 is 0. The average molecular weight is 467 g/mol. The molecule has 0 N–H and O–H groups in total. The van der Waals surface area contributed by atoms with E-state index in [0.717, 1.165) is 51.4 Å². The first-order chi connectivity index (χ1) is 14.2. The molecule has 2 unspecified atom stereocenters. The van der Waals surface area contributed by atoms with E-state index in [0.29, 0.717) is 38.3 Å². The van der Waals surface area contributed by atoms with Gasteiger partial charge in [-0.2, -0.15) is 0 Å². The van der Waals surface area contributed by atoms with E-state index >= 15 is 0 Å². The largest absolute Gasteiger partial charge is 0.353 e. The minimum Gasteiger partial charge on any atom is -0.306 e. The fourth-order valence-corrected chi connectivity index (χ4v) is 4.79. The number of hydrogen-bond acceptors (Lipinski definition) is 6. The van der Waals surface area contributed by atoms with E-state index in [1.807, 2.05) is 27.7 Å². The van der Waals surface area contributed by atoms with Gasteiger partial charge in [-0.3, -0.25) is 9.13 Å². The summed E-state index contributed by atoms with van der Waals surface area (Å²) in [6.45, 7) is 16.8. The lowest BCUT2D eigenvalue weighted by Crippen LogP contribution is -2.02. The Labute approximate surface area is 184 Å². The van der Waals surface area contributed by atoms with Crippen molar-refractivity contribution in [3.8, 4) is 0 Å². The Morgan fingerprint density at radius 3 is 1.17 bits per heavy atom. The van der Waals surface area contributed by atoms with Gasteiger partial charge in [-0.1, -0.05) is 79.4 Å². The third kappa shape index (κ3) is 16.5. The van der Waals surface area contributed by atoms with Crippen LogP contribution in [0.3, 0.4) is 0 Å². The van der Waals surface area contributed by atoms with Crippen molar-refractivity contribution in [3.63, 3.8) is 0 Å². The number of unbranched alkanes of at least 4 members (excludes halogenated alkanes) is 7. The lowest BCUT2D eigenvalue weighted by molar-refractivity contribution is 0.190. The van der Waals surface area contributed by atoms with E-state index in [9.17, 15) is 9.13 Å². The maximum atomic E-state index is 12.3. The van der Waals surface area contributed by atoms with E-state index in [1.165, 1.54) is 11.6 Å². The van der Waals surface area contributed by atoms with E-state index in [2.05, 4.69) is 13.2 Å². The van der Waals surface area contributed by atoms with E-state index in [1.54, 1.807) is 0 Å². The molecule has 0 fully saturated rings. The minimum atomic E-state index is -3.14. The lowest BCUT2D eigenvalue weighted by atomic mass is 10.1. The normalized spacial score (nSPS) is 15.8. The summed E-state index contributed by atoms with van der Waals surface area (Å²) in [7, 11) is -6.28. The molecule has 178 valence electrons. The van der Waals surface area contributed by atoms with Gasteiger partial charge in [-0.25, -0.2) is 0 Å². The molecule has 0 aliphatic heterocycles. The molecule has 0 aromatic rings. The Kier molecular flexibility index (Phi) is 17.2. The molecule has 0 rings (SSSR count). The number of hydrogen-bond donors (Lipinski definition) is 0. The molecule has 8 heteroatoms. The first-order valence-electron chi connectivity index (χ1n) is 11.2. The first-order valence-corrected chi connectivity index (χ1v) is 14.4. The second kappa shape index (κ2) is 17.3. The van der Waals surface area contributed by atoms with Crippen LogP contribution in [0.1, 0.15) is 79.1 Å². The summed E-state index contributed by atoms with van der Waals surface area (Å²) in [5.41, 5.74) is 0. The van der Waals surface area contributed by atoms with Crippen LogP contribution >= 0.6 is 15.2 Å². The zero-order valence-corrected chi connectivity index (χ0v) is 21.3. The highest BCUT2D eigenvalue weighted by Crippen LogP contribution is 2.50. The van der Waals surface area contributed by atoms with Crippen LogP contribution in [0.5, 0.6) is 0 Å². The fourth-order valence-electron chi connectivity index (χ4n) is 2.44. The van der Waals surface area contributed by atoms with Crippen molar-refractivity contribution in [2.24, 2.45) is 11.8 Å². The Hall–Kier alpha value is -0.220. The standard InChI is InChI=1S/C22H44O6P2/c1-7-29(23,27-19-21(3)4)25-17-15-13-11-9-10-12-14-16-18-26-30(24,8-2)28-20-22(5)6/h7-8,21-22H,1-2,9-20H2,3-6H3. The summed E-state index contributed by atoms with van der Waals surface area (Å²) < 4.78 is 46.2. The summed E-state index contributed by atoms with van der Waals surface area (Å²) in [5, 5.41) is 0. The van der Waals surface area contributed by atoms with Gasteiger partial charge in [0.2, 0.25) is 0 Å². The Bertz CT molecular complexity index is 500. The average Bonchev–Trinajstić information content (AvgIpc) is 2.71. The van der Waals surface area contributed by atoms with Crippen LogP contribution in [0.15, 0.2) is 24.8 Å². The van der Waals surface area contributed by atoms with Gasteiger partial charge < -0.3 is 18.1 Å². The second-order valence-corrected chi connectivity index (χ2v) is 12.2. The maximum absolute atomic E-state index is 12.3. The predicted molar refractivity (Wildman–Crippen MR) is 126 cm³/mol. The van der Waals surface area contributed by atoms with E-state index in [-0.39, 0.29) is 0 Å². The monoisotopic (exact) mass is 466 g/mol. The van der Waals surface area contributed by atoms with Gasteiger partial charge in [0, 0.05) is 11.6 Å². The van der Waals surface area contributed by atoms with Crippen molar-refractivity contribution in [2.75, 3.05) is 26.4 Å². The molecule has 6 nitrogen and oxygen atoms in total. The smallest absolute Gasteiger partial charge is 0.306 e. The van der Waals surface area contributed by atoms with Gasteiger partial charge in [0.25, 0.3) is 0 Å². The molecule has 0 amide bonds. The zero-order chi connectivity index (χ0) is 22.9. The highest BCUT2D eigenvalue weighted by Gasteiger charge is 2.20. The first kappa shape index (κ1) is 29.8. The molecule has 0 aliphatic carbocycles. The molecule has 0 aromatic carbocycles. The molecule has 0 bridgehead atoms. The number of rotatable bonds is 21. The highest BCUT2D eigenvalue weighted by atomic mass is 31.2. The van der Waals surface area contributed by atoms with Gasteiger partial charge in [-0.15, -0.1) is 0 Å². The van der Waals surface area contributed by atoms with Gasteiger partial charge in [0.05, 0.1) is 26.4 Å². The van der Waals surface area contributed by atoms with E-state index < -0.39 is 15.2 Å². The van der Waals surface area contributed by atoms with Crippen molar-refractivity contribution < 1.29 is 27.2 Å². The summed E-state index contributed by atoms with van der Waals surface area (Å²) in [6, 6.07) is 0. The Morgan fingerprint density at radius 1 is 0.600 bits per heavy atom. The molecule has 0 saturated heterocycles. The van der Waals surface area contributed by atoms with Gasteiger partial charge in [-0.05, 0) is 24.7 Å².